The highest BCUT2D eigenvalue weighted by molar-refractivity contribution is 5.88. The van der Waals surface area contributed by atoms with Gasteiger partial charge in [-0.15, -0.1) is 0 Å². The van der Waals surface area contributed by atoms with E-state index in [1.54, 1.807) is 7.05 Å². The normalized spacial score (nSPS) is 29.2. The fourth-order valence-corrected chi connectivity index (χ4v) is 3.28. The van der Waals surface area contributed by atoms with E-state index in [9.17, 15) is 19.5 Å². The lowest BCUT2D eigenvalue weighted by Crippen LogP contribution is -2.47. The van der Waals surface area contributed by atoms with Crippen molar-refractivity contribution in [2.24, 2.45) is 11.8 Å². The van der Waals surface area contributed by atoms with Crippen LogP contribution in [0, 0.1) is 11.8 Å². The standard InChI is InChI=1S/C13H20N2O4/c1-8(16)14(2)7-11(17)15-6-9-4-3-5-10(9)12(15)13(18)19/h9-10,12H,3-7H2,1-2H3,(H,18,19). The molecule has 2 fully saturated rings. The minimum absolute atomic E-state index is 0.0431. The van der Waals surface area contributed by atoms with Gasteiger partial charge in [-0.2, -0.15) is 0 Å². The van der Waals surface area contributed by atoms with Crippen molar-refractivity contribution in [1.29, 1.82) is 0 Å². The zero-order valence-electron chi connectivity index (χ0n) is 11.3. The largest absolute Gasteiger partial charge is 0.480 e. The number of aliphatic carboxylic acids is 1. The van der Waals surface area contributed by atoms with Gasteiger partial charge in [0.05, 0.1) is 6.54 Å². The summed E-state index contributed by atoms with van der Waals surface area (Å²) in [4.78, 5) is 37.5. The topological polar surface area (TPSA) is 77.9 Å². The summed E-state index contributed by atoms with van der Waals surface area (Å²) in [6, 6.07) is -0.708. The van der Waals surface area contributed by atoms with Gasteiger partial charge in [0, 0.05) is 20.5 Å². The maximum absolute atomic E-state index is 12.2. The van der Waals surface area contributed by atoms with Crippen LogP contribution in [-0.4, -0.2) is 58.9 Å². The third kappa shape index (κ3) is 2.57. The van der Waals surface area contributed by atoms with E-state index in [0.29, 0.717) is 12.5 Å². The van der Waals surface area contributed by atoms with Crippen molar-refractivity contribution >= 4 is 17.8 Å². The Bertz CT molecular complexity index is 409. The van der Waals surface area contributed by atoms with Gasteiger partial charge < -0.3 is 14.9 Å². The monoisotopic (exact) mass is 268 g/mol. The molecular formula is C13H20N2O4. The van der Waals surface area contributed by atoms with Gasteiger partial charge in [-0.05, 0) is 24.7 Å². The molecule has 3 unspecified atom stereocenters. The molecule has 1 heterocycles. The van der Waals surface area contributed by atoms with Crippen molar-refractivity contribution in [2.75, 3.05) is 20.1 Å². The molecule has 1 aliphatic heterocycles. The summed E-state index contributed by atoms with van der Waals surface area (Å²) in [6.45, 7) is 1.87. The SMILES string of the molecule is CC(=O)N(C)CC(=O)N1CC2CCCC2C1C(=O)O. The molecule has 1 N–H and O–H groups in total. The summed E-state index contributed by atoms with van der Waals surface area (Å²) in [5.74, 6) is -0.982. The van der Waals surface area contributed by atoms with Gasteiger partial charge >= 0.3 is 5.97 Å². The van der Waals surface area contributed by atoms with Crippen molar-refractivity contribution in [3.05, 3.63) is 0 Å². The number of nitrogens with zero attached hydrogens (tertiary/aromatic N) is 2. The first-order chi connectivity index (χ1) is 8.91. The maximum atomic E-state index is 12.2. The van der Waals surface area contributed by atoms with Crippen LogP contribution in [0.25, 0.3) is 0 Å². The molecule has 1 saturated carbocycles. The average molecular weight is 268 g/mol. The minimum atomic E-state index is -0.923. The summed E-state index contributed by atoms with van der Waals surface area (Å²) in [7, 11) is 1.55. The molecule has 2 aliphatic rings. The first-order valence-corrected chi connectivity index (χ1v) is 6.65. The second-order valence-corrected chi connectivity index (χ2v) is 5.56. The summed E-state index contributed by atoms with van der Waals surface area (Å²) in [5, 5.41) is 9.35. The van der Waals surface area contributed by atoms with Gasteiger partial charge in [0.2, 0.25) is 11.8 Å². The first kappa shape index (κ1) is 13.8. The second-order valence-electron chi connectivity index (χ2n) is 5.56. The van der Waals surface area contributed by atoms with Crippen molar-refractivity contribution < 1.29 is 19.5 Å². The van der Waals surface area contributed by atoms with Crippen LogP contribution in [0.2, 0.25) is 0 Å². The highest BCUT2D eigenvalue weighted by atomic mass is 16.4. The van der Waals surface area contributed by atoms with Crippen LogP contribution in [0.1, 0.15) is 26.2 Å². The number of carboxylic acids is 1. The lowest BCUT2D eigenvalue weighted by atomic mass is 9.94. The van der Waals surface area contributed by atoms with Gasteiger partial charge in [-0.25, -0.2) is 4.79 Å². The van der Waals surface area contributed by atoms with Crippen LogP contribution >= 0.6 is 0 Å². The Morgan fingerprint density at radius 1 is 1.32 bits per heavy atom. The van der Waals surface area contributed by atoms with Gasteiger partial charge in [-0.3, -0.25) is 9.59 Å². The third-order valence-electron chi connectivity index (χ3n) is 4.37. The van der Waals surface area contributed by atoms with Crippen LogP contribution in [0.4, 0.5) is 0 Å². The number of carboxylic acid groups (broad SMARTS) is 1. The Kier molecular flexibility index (Phi) is 3.78. The molecule has 6 heteroatoms. The Labute approximate surface area is 112 Å². The van der Waals surface area contributed by atoms with E-state index < -0.39 is 12.0 Å². The number of amides is 2. The van der Waals surface area contributed by atoms with E-state index in [1.807, 2.05) is 0 Å². The Morgan fingerprint density at radius 2 is 2.00 bits per heavy atom. The predicted octanol–water partition coefficient (Wildman–Crippen LogP) is 0.176. The molecule has 6 nitrogen and oxygen atoms in total. The molecule has 0 radical (unpaired) electrons. The lowest BCUT2D eigenvalue weighted by molar-refractivity contribution is -0.150. The van der Waals surface area contributed by atoms with Crippen molar-refractivity contribution in [3.63, 3.8) is 0 Å². The Balaban J connectivity index is 2.08. The zero-order chi connectivity index (χ0) is 14.2. The molecule has 19 heavy (non-hydrogen) atoms. The smallest absolute Gasteiger partial charge is 0.326 e. The number of likely N-dealkylation sites (N-methyl/N-ethyl adjacent to an activating group) is 1. The van der Waals surface area contributed by atoms with E-state index in [2.05, 4.69) is 0 Å². The number of carbonyl (C=O) groups excluding carboxylic acids is 2. The van der Waals surface area contributed by atoms with Crippen molar-refractivity contribution in [2.45, 2.75) is 32.2 Å². The number of hydrogen-bond acceptors (Lipinski definition) is 3. The van der Waals surface area contributed by atoms with Crippen LogP contribution in [0.15, 0.2) is 0 Å². The van der Waals surface area contributed by atoms with Crippen LogP contribution in [-0.2, 0) is 14.4 Å². The first-order valence-electron chi connectivity index (χ1n) is 6.65. The molecular weight excluding hydrogens is 248 g/mol. The van der Waals surface area contributed by atoms with Crippen LogP contribution < -0.4 is 0 Å². The number of rotatable bonds is 3. The number of fused-ring (bicyclic) bond motifs is 1. The maximum Gasteiger partial charge on any atom is 0.326 e. The van der Waals surface area contributed by atoms with Gasteiger partial charge in [0.25, 0.3) is 0 Å². The van der Waals surface area contributed by atoms with E-state index >= 15 is 0 Å². The van der Waals surface area contributed by atoms with Crippen molar-refractivity contribution in [1.82, 2.24) is 9.80 Å². The number of likely N-dealkylation sites (tertiary alicyclic amines) is 1. The molecule has 0 aromatic rings. The van der Waals surface area contributed by atoms with Crippen molar-refractivity contribution in [3.8, 4) is 0 Å². The molecule has 0 spiro atoms. The molecule has 1 aliphatic carbocycles. The highest BCUT2D eigenvalue weighted by Crippen LogP contribution is 2.42. The summed E-state index contributed by atoms with van der Waals surface area (Å²) in [5.41, 5.74) is 0. The molecule has 2 amide bonds. The summed E-state index contributed by atoms with van der Waals surface area (Å²) in [6.07, 6.45) is 2.93. The third-order valence-corrected chi connectivity index (χ3v) is 4.37. The molecule has 0 aromatic carbocycles. The lowest BCUT2D eigenvalue weighted by Gasteiger charge is -2.26. The van der Waals surface area contributed by atoms with E-state index in [0.717, 1.165) is 19.3 Å². The van der Waals surface area contributed by atoms with E-state index in [-0.39, 0.29) is 24.3 Å². The number of carbonyl (C=O) groups is 3. The molecule has 0 bridgehead atoms. The second kappa shape index (κ2) is 5.19. The highest BCUT2D eigenvalue weighted by Gasteiger charge is 2.49. The molecule has 0 aromatic heterocycles. The fourth-order valence-electron chi connectivity index (χ4n) is 3.28. The van der Waals surface area contributed by atoms with Gasteiger partial charge in [0.1, 0.15) is 6.04 Å². The fraction of sp³-hybridized carbons (Fsp3) is 0.769. The Morgan fingerprint density at radius 3 is 2.58 bits per heavy atom. The van der Waals surface area contributed by atoms with Gasteiger partial charge in [0.15, 0.2) is 0 Å². The van der Waals surface area contributed by atoms with E-state index in [1.165, 1.54) is 16.7 Å². The minimum Gasteiger partial charge on any atom is -0.480 e. The molecule has 3 atom stereocenters. The zero-order valence-corrected chi connectivity index (χ0v) is 11.3. The molecule has 1 saturated heterocycles. The average Bonchev–Trinajstić information content (AvgIpc) is 2.86. The quantitative estimate of drug-likeness (QED) is 0.792. The van der Waals surface area contributed by atoms with Crippen LogP contribution in [0.5, 0.6) is 0 Å². The Hall–Kier alpha value is -1.59. The number of hydrogen-bond donors (Lipinski definition) is 1. The van der Waals surface area contributed by atoms with Crippen LogP contribution in [0.3, 0.4) is 0 Å². The predicted molar refractivity (Wildman–Crippen MR) is 67.3 cm³/mol. The summed E-state index contributed by atoms with van der Waals surface area (Å²) < 4.78 is 0. The molecule has 106 valence electrons. The summed E-state index contributed by atoms with van der Waals surface area (Å²) >= 11 is 0. The molecule has 2 rings (SSSR count). The van der Waals surface area contributed by atoms with E-state index in [4.69, 9.17) is 0 Å². The van der Waals surface area contributed by atoms with Gasteiger partial charge in [-0.1, -0.05) is 6.42 Å².